The van der Waals surface area contributed by atoms with Crippen molar-refractivity contribution in [2.75, 3.05) is 43.7 Å². The summed E-state index contributed by atoms with van der Waals surface area (Å²) in [6, 6.07) is 22.7. The van der Waals surface area contributed by atoms with Gasteiger partial charge in [-0.3, -0.25) is 9.59 Å². The average molecular weight is 850 g/mol. The van der Waals surface area contributed by atoms with Crippen molar-refractivity contribution in [2.45, 2.75) is 48.0 Å². The molecule has 2 atom stereocenters. The van der Waals surface area contributed by atoms with Gasteiger partial charge in [0.15, 0.2) is 0 Å². The number of hydrogen-bond acceptors (Lipinski definition) is 10. The zero-order valence-corrected chi connectivity index (χ0v) is 33.3. The van der Waals surface area contributed by atoms with E-state index >= 15 is 0 Å². The number of halogens is 2. The highest BCUT2D eigenvalue weighted by atomic mass is 35.5. The van der Waals surface area contributed by atoms with Gasteiger partial charge in [-0.15, -0.1) is 0 Å². The van der Waals surface area contributed by atoms with E-state index in [2.05, 4.69) is 10.6 Å². The van der Waals surface area contributed by atoms with Crippen LogP contribution in [0.4, 0.5) is 11.4 Å². The molecule has 56 heavy (non-hydrogen) atoms. The predicted octanol–water partition coefficient (Wildman–Crippen LogP) is 5.31. The Morgan fingerprint density at radius 1 is 0.696 bits per heavy atom. The van der Waals surface area contributed by atoms with Gasteiger partial charge in [0.25, 0.3) is 0 Å². The summed E-state index contributed by atoms with van der Waals surface area (Å²) >= 11 is 12.1. The quantitative estimate of drug-likeness (QED) is 0.128. The van der Waals surface area contributed by atoms with E-state index < -0.39 is 20.0 Å². The first kappa shape index (κ1) is 42.9. The maximum atomic E-state index is 12.3. The largest absolute Gasteiger partial charge is 0.492 e. The molecule has 0 aromatic heterocycles. The van der Waals surface area contributed by atoms with Gasteiger partial charge >= 0.3 is 0 Å². The molecule has 300 valence electrons. The van der Waals surface area contributed by atoms with E-state index in [0.29, 0.717) is 59.0 Å². The summed E-state index contributed by atoms with van der Waals surface area (Å²) in [5.41, 5.74) is 1.94. The summed E-state index contributed by atoms with van der Waals surface area (Å²) in [6.07, 6.45) is 2.73. The fourth-order valence-corrected chi connectivity index (χ4v) is 7.58. The summed E-state index contributed by atoms with van der Waals surface area (Å²) in [4.78, 5) is 24.2. The van der Waals surface area contributed by atoms with Gasteiger partial charge in [0.2, 0.25) is 31.9 Å². The first-order valence-electron chi connectivity index (χ1n) is 17.5. The second-order valence-electron chi connectivity index (χ2n) is 13.0. The highest BCUT2D eigenvalue weighted by Gasteiger charge is 2.23. The predicted molar refractivity (Wildman–Crippen MR) is 212 cm³/mol. The smallest absolute Gasteiger partial charge is 0.241 e. The molecule has 18 heteroatoms. The van der Waals surface area contributed by atoms with Crippen molar-refractivity contribution in [3.63, 3.8) is 0 Å². The van der Waals surface area contributed by atoms with Crippen molar-refractivity contribution in [3.05, 3.63) is 106 Å². The van der Waals surface area contributed by atoms with E-state index in [4.69, 9.17) is 52.4 Å². The van der Waals surface area contributed by atoms with Crippen molar-refractivity contribution in [1.29, 1.82) is 0 Å². The van der Waals surface area contributed by atoms with Gasteiger partial charge < -0.3 is 29.6 Å². The number of hydrogen-bond donors (Lipinski definition) is 4. The molecule has 2 unspecified atom stereocenters. The summed E-state index contributed by atoms with van der Waals surface area (Å²) in [6.45, 7) is 2.50. The first-order chi connectivity index (χ1) is 26.7. The minimum Gasteiger partial charge on any atom is -0.492 e. The standard InChI is InChI=1S/2C19H21ClN2O5S/c20-16-6-2-1-4-13(16)10-19(23)22-14-7-8-17(18(11-14)28(21,24)25)27-12-15-5-3-9-26-15;20-16-4-2-1-3-14(16)9-19(23)22-15-5-6-17(18(10-15)28(21,24)25)27-12-13-7-8-26-11-13/h1-2,4,6-8,11,15H,3,5,9-10,12H2,(H,22,23)(H2,21,24,25);1-6,10,13H,7-9,11-12H2,(H,22,23)(H2,21,24,25). The summed E-state index contributed by atoms with van der Waals surface area (Å²) in [5.74, 6) is -0.171. The Balaban J connectivity index is 0.000000214. The average Bonchev–Trinajstić information content (AvgIpc) is 3.87. The van der Waals surface area contributed by atoms with Crippen molar-refractivity contribution in [2.24, 2.45) is 16.2 Å². The van der Waals surface area contributed by atoms with Gasteiger partial charge in [0.1, 0.15) is 27.9 Å². The second kappa shape index (κ2) is 19.7. The fourth-order valence-electron chi connectivity index (χ4n) is 5.78. The van der Waals surface area contributed by atoms with E-state index in [-0.39, 0.29) is 64.6 Å². The van der Waals surface area contributed by atoms with Crippen LogP contribution in [-0.4, -0.2) is 67.8 Å². The van der Waals surface area contributed by atoms with Crippen LogP contribution < -0.4 is 30.4 Å². The molecule has 2 aliphatic rings. The topological polar surface area (TPSA) is 215 Å². The Labute approximate surface area is 335 Å². The fraction of sp³-hybridized carbons (Fsp3) is 0.316. The lowest BCUT2D eigenvalue weighted by molar-refractivity contribution is -0.116. The number of anilines is 2. The normalized spacial score (nSPS) is 16.7. The third-order valence-electron chi connectivity index (χ3n) is 8.63. The molecule has 0 spiro atoms. The molecule has 6 N–H and O–H groups in total. The first-order valence-corrected chi connectivity index (χ1v) is 21.4. The molecule has 2 heterocycles. The van der Waals surface area contributed by atoms with Crippen LogP contribution in [0.2, 0.25) is 10.0 Å². The molecule has 0 radical (unpaired) electrons. The molecule has 0 saturated carbocycles. The highest BCUT2D eigenvalue weighted by molar-refractivity contribution is 7.89. The lowest BCUT2D eigenvalue weighted by Gasteiger charge is -2.15. The van der Waals surface area contributed by atoms with E-state index in [1.165, 1.54) is 24.3 Å². The summed E-state index contributed by atoms with van der Waals surface area (Å²) < 4.78 is 69.9. The second-order valence-corrected chi connectivity index (χ2v) is 16.9. The minimum absolute atomic E-state index is 0.0572. The molecule has 2 amide bonds. The number of rotatable bonds is 14. The van der Waals surface area contributed by atoms with Crippen LogP contribution in [0.5, 0.6) is 11.5 Å². The minimum atomic E-state index is -4.04. The molecule has 2 saturated heterocycles. The van der Waals surface area contributed by atoms with E-state index in [9.17, 15) is 26.4 Å². The summed E-state index contributed by atoms with van der Waals surface area (Å²) in [7, 11) is -8.07. The summed E-state index contributed by atoms with van der Waals surface area (Å²) in [5, 5.41) is 16.9. The molecule has 14 nitrogen and oxygen atoms in total. The zero-order valence-electron chi connectivity index (χ0n) is 30.1. The van der Waals surface area contributed by atoms with Crippen molar-refractivity contribution in [1.82, 2.24) is 0 Å². The van der Waals surface area contributed by atoms with Gasteiger partial charge in [-0.05, 0) is 78.9 Å². The number of primary sulfonamides is 2. The molecular formula is C38H42Cl2N4O10S2. The number of amides is 2. The van der Waals surface area contributed by atoms with Crippen LogP contribution in [0.25, 0.3) is 0 Å². The number of nitrogens with one attached hydrogen (secondary N) is 2. The number of benzene rings is 4. The Morgan fingerprint density at radius 3 is 1.62 bits per heavy atom. The highest BCUT2D eigenvalue weighted by Crippen LogP contribution is 2.29. The van der Waals surface area contributed by atoms with Gasteiger partial charge in [-0.25, -0.2) is 27.1 Å². The van der Waals surface area contributed by atoms with Crippen LogP contribution in [0, 0.1) is 5.92 Å². The maximum absolute atomic E-state index is 12.3. The van der Waals surface area contributed by atoms with Crippen LogP contribution in [0.3, 0.4) is 0 Å². The maximum Gasteiger partial charge on any atom is 0.241 e. The number of carbonyl (C=O) groups is 2. The molecule has 2 fully saturated rings. The molecule has 0 bridgehead atoms. The van der Waals surface area contributed by atoms with Crippen LogP contribution in [-0.2, 0) is 52.0 Å². The van der Waals surface area contributed by atoms with Crippen molar-refractivity contribution < 1.29 is 45.4 Å². The zero-order chi connectivity index (χ0) is 40.3. The van der Waals surface area contributed by atoms with Crippen LogP contribution in [0.1, 0.15) is 30.4 Å². The number of sulfonamides is 2. The molecule has 2 aliphatic heterocycles. The van der Waals surface area contributed by atoms with Gasteiger partial charge in [-0.2, -0.15) is 0 Å². The lowest BCUT2D eigenvalue weighted by atomic mass is 10.1. The molecule has 0 aliphatic carbocycles. The third-order valence-corrected chi connectivity index (χ3v) is 11.2. The molecule has 6 rings (SSSR count). The Morgan fingerprint density at radius 2 is 1.20 bits per heavy atom. The molecule has 4 aromatic rings. The SMILES string of the molecule is NS(=O)(=O)c1cc(NC(=O)Cc2ccccc2Cl)ccc1OCC1CCCO1.NS(=O)(=O)c1cc(NC(=O)Cc2ccccc2Cl)ccc1OCC1CCOC1. The Bertz CT molecular complexity index is 2070. The van der Waals surface area contributed by atoms with Crippen molar-refractivity contribution in [3.8, 4) is 11.5 Å². The van der Waals surface area contributed by atoms with Crippen molar-refractivity contribution >= 4 is 66.4 Å². The van der Waals surface area contributed by atoms with E-state index in [1.54, 1.807) is 60.7 Å². The van der Waals surface area contributed by atoms with Gasteiger partial charge in [0.05, 0.1) is 32.2 Å². The van der Waals surface area contributed by atoms with E-state index in [0.717, 1.165) is 19.3 Å². The third kappa shape index (κ3) is 12.9. The molecule has 4 aromatic carbocycles. The van der Waals surface area contributed by atoms with Crippen LogP contribution >= 0.6 is 23.2 Å². The van der Waals surface area contributed by atoms with Crippen LogP contribution in [0.15, 0.2) is 94.7 Å². The van der Waals surface area contributed by atoms with E-state index in [1.807, 2.05) is 0 Å². The number of nitrogens with two attached hydrogens (primary N) is 2. The number of ether oxygens (including phenoxy) is 4. The Kier molecular flexibility index (Phi) is 15.1. The number of carbonyl (C=O) groups excluding carboxylic acids is 2. The lowest BCUT2D eigenvalue weighted by Crippen LogP contribution is -2.20. The monoisotopic (exact) mass is 848 g/mol. The Hall–Kier alpha value is -4.26. The molecular weight excluding hydrogens is 807 g/mol. The van der Waals surface area contributed by atoms with Gasteiger partial charge in [-0.1, -0.05) is 59.6 Å². The van der Waals surface area contributed by atoms with Gasteiger partial charge in [0, 0.05) is 40.6 Å².